The molecule has 2 aliphatic rings. The summed E-state index contributed by atoms with van der Waals surface area (Å²) in [5.41, 5.74) is 0.812. The fraction of sp³-hybridized carbons (Fsp3) is 0.471. The summed E-state index contributed by atoms with van der Waals surface area (Å²) in [6, 6.07) is 7.51. The van der Waals surface area contributed by atoms with E-state index in [-0.39, 0.29) is 35.2 Å². The van der Waals surface area contributed by atoms with E-state index >= 15 is 0 Å². The molecule has 2 N–H and O–H groups in total. The molecule has 1 atom stereocenters. The molecule has 2 fully saturated rings. The van der Waals surface area contributed by atoms with Crippen molar-refractivity contribution in [1.29, 1.82) is 0 Å². The van der Waals surface area contributed by atoms with E-state index in [0.29, 0.717) is 17.4 Å². The first kappa shape index (κ1) is 19.7. The Bertz CT molecular complexity index is 1010. The first-order chi connectivity index (χ1) is 13.4. The van der Waals surface area contributed by atoms with E-state index in [0.717, 1.165) is 22.9 Å². The predicted molar refractivity (Wildman–Crippen MR) is 111 cm³/mol. The van der Waals surface area contributed by atoms with Gasteiger partial charge in [0.05, 0.1) is 17.3 Å². The van der Waals surface area contributed by atoms with Crippen LogP contribution in [0, 0.1) is 0 Å². The van der Waals surface area contributed by atoms with Gasteiger partial charge in [-0.2, -0.15) is 0 Å². The molecule has 1 amide bonds. The molecule has 1 aliphatic carbocycles. The quantitative estimate of drug-likeness (QED) is 0.489. The van der Waals surface area contributed by atoms with Gasteiger partial charge in [0.15, 0.2) is 15.7 Å². The number of carbonyl (C=O) groups is 1. The molecule has 2 heterocycles. The second-order valence-corrected chi connectivity index (χ2v) is 11.1. The van der Waals surface area contributed by atoms with Crippen LogP contribution in [0.25, 0.3) is 11.4 Å². The maximum absolute atomic E-state index is 12.8. The zero-order chi connectivity index (χ0) is 19.9. The van der Waals surface area contributed by atoms with Crippen LogP contribution in [0.4, 0.5) is 0 Å². The molecule has 1 unspecified atom stereocenters. The second kappa shape index (κ2) is 7.68. The molecule has 0 radical (unpaired) electrons. The smallest absolute Gasteiger partial charge is 0.233 e. The van der Waals surface area contributed by atoms with Crippen molar-refractivity contribution < 1.29 is 13.2 Å². The largest absolute Gasteiger partial charge is 0.335 e. The Morgan fingerprint density at radius 1 is 1.25 bits per heavy atom. The highest BCUT2D eigenvalue weighted by atomic mass is 79.9. The number of nitrogen functional groups attached to an aromatic ring is 1. The van der Waals surface area contributed by atoms with Crippen LogP contribution in [0.3, 0.4) is 0 Å². The Kier molecular flexibility index (Phi) is 5.41. The number of thioether (sulfide) groups is 1. The molecule has 1 aromatic heterocycles. The second-order valence-electron chi connectivity index (χ2n) is 7.03. The van der Waals surface area contributed by atoms with Crippen molar-refractivity contribution in [3.05, 3.63) is 28.7 Å². The van der Waals surface area contributed by atoms with E-state index in [9.17, 15) is 13.2 Å². The molecule has 1 saturated carbocycles. The number of sulfone groups is 1. The minimum atomic E-state index is -3.04. The number of amides is 1. The zero-order valence-electron chi connectivity index (χ0n) is 15.0. The van der Waals surface area contributed by atoms with Crippen LogP contribution >= 0.6 is 27.7 Å². The lowest BCUT2D eigenvalue weighted by molar-refractivity contribution is -0.130. The molecule has 0 bridgehead atoms. The van der Waals surface area contributed by atoms with Crippen molar-refractivity contribution >= 4 is 43.4 Å². The number of benzene rings is 1. The first-order valence-corrected chi connectivity index (χ1v) is 12.6. The topological polar surface area (TPSA) is 111 Å². The SMILES string of the molecule is Nn1c(SCC(=O)N(C2CC2)C2CCS(=O)(=O)C2)nnc1-c1ccccc1Br. The predicted octanol–water partition coefficient (Wildman–Crippen LogP) is 1.69. The number of rotatable bonds is 6. The maximum Gasteiger partial charge on any atom is 0.233 e. The summed E-state index contributed by atoms with van der Waals surface area (Å²) in [7, 11) is -3.04. The Morgan fingerprint density at radius 2 is 2.00 bits per heavy atom. The van der Waals surface area contributed by atoms with Gasteiger partial charge in [-0.15, -0.1) is 10.2 Å². The Hall–Kier alpha value is -1.59. The summed E-state index contributed by atoms with van der Waals surface area (Å²) >= 11 is 4.69. The van der Waals surface area contributed by atoms with Crippen molar-refractivity contribution in [2.45, 2.75) is 36.5 Å². The first-order valence-electron chi connectivity index (χ1n) is 8.95. The van der Waals surface area contributed by atoms with Gasteiger partial charge in [-0.3, -0.25) is 4.79 Å². The van der Waals surface area contributed by atoms with E-state index in [1.54, 1.807) is 4.90 Å². The van der Waals surface area contributed by atoms with Gasteiger partial charge < -0.3 is 10.7 Å². The lowest BCUT2D eigenvalue weighted by atomic mass is 10.2. The average molecular weight is 486 g/mol. The van der Waals surface area contributed by atoms with Crippen LogP contribution in [-0.2, 0) is 14.6 Å². The Balaban J connectivity index is 1.45. The minimum Gasteiger partial charge on any atom is -0.335 e. The van der Waals surface area contributed by atoms with Crippen LogP contribution < -0.4 is 5.84 Å². The van der Waals surface area contributed by atoms with Gasteiger partial charge in [0, 0.05) is 22.1 Å². The van der Waals surface area contributed by atoms with Gasteiger partial charge >= 0.3 is 0 Å². The summed E-state index contributed by atoms with van der Waals surface area (Å²) in [6.07, 6.45) is 2.40. The third kappa shape index (κ3) is 4.06. The third-order valence-corrected chi connectivity index (χ3v) is 8.30. The third-order valence-electron chi connectivity index (χ3n) is 4.93. The Labute approximate surface area is 175 Å². The van der Waals surface area contributed by atoms with E-state index in [1.165, 1.54) is 16.4 Å². The number of hydrogen-bond acceptors (Lipinski definition) is 7. The highest BCUT2D eigenvalue weighted by Gasteiger charge is 2.42. The number of carbonyl (C=O) groups excluding carboxylic acids is 1. The summed E-state index contributed by atoms with van der Waals surface area (Å²) in [5, 5.41) is 8.69. The molecular weight excluding hydrogens is 466 g/mol. The van der Waals surface area contributed by atoms with E-state index in [4.69, 9.17) is 5.84 Å². The standard InChI is InChI=1S/C17H20BrN5O3S2/c18-14-4-2-1-3-13(14)16-20-21-17(23(16)19)27-9-15(24)22(11-5-6-11)12-7-8-28(25,26)10-12/h1-4,11-12H,5-10,19H2. The number of nitrogens with two attached hydrogens (primary N) is 1. The molecule has 11 heteroatoms. The van der Waals surface area contributed by atoms with Gasteiger partial charge in [-0.1, -0.05) is 39.8 Å². The van der Waals surface area contributed by atoms with E-state index < -0.39 is 9.84 Å². The highest BCUT2D eigenvalue weighted by Crippen LogP contribution is 2.33. The lowest BCUT2D eigenvalue weighted by Crippen LogP contribution is -2.43. The molecule has 8 nitrogen and oxygen atoms in total. The average Bonchev–Trinajstić information content (AvgIpc) is 3.32. The van der Waals surface area contributed by atoms with Gasteiger partial charge in [0.2, 0.25) is 11.1 Å². The van der Waals surface area contributed by atoms with Crippen molar-refractivity contribution in [3.63, 3.8) is 0 Å². The number of hydrogen-bond donors (Lipinski definition) is 1. The van der Waals surface area contributed by atoms with Crippen molar-refractivity contribution in [2.75, 3.05) is 23.1 Å². The number of nitrogens with zero attached hydrogens (tertiary/aromatic N) is 4. The molecule has 1 saturated heterocycles. The van der Waals surface area contributed by atoms with Gasteiger partial charge in [-0.05, 0) is 31.4 Å². The van der Waals surface area contributed by atoms with Crippen LogP contribution in [-0.4, -0.2) is 63.4 Å². The van der Waals surface area contributed by atoms with Gasteiger partial charge in [0.1, 0.15) is 0 Å². The van der Waals surface area contributed by atoms with Crippen LogP contribution in [0.2, 0.25) is 0 Å². The van der Waals surface area contributed by atoms with Crippen LogP contribution in [0.15, 0.2) is 33.9 Å². The molecule has 4 rings (SSSR count). The maximum atomic E-state index is 12.8. The number of aromatic nitrogens is 3. The van der Waals surface area contributed by atoms with Crippen molar-refractivity contribution in [3.8, 4) is 11.4 Å². The molecule has 0 spiro atoms. The van der Waals surface area contributed by atoms with Crippen LogP contribution in [0.5, 0.6) is 0 Å². The van der Waals surface area contributed by atoms with Crippen molar-refractivity contribution in [1.82, 2.24) is 19.8 Å². The van der Waals surface area contributed by atoms with Crippen molar-refractivity contribution in [2.24, 2.45) is 0 Å². The molecule has 150 valence electrons. The highest BCUT2D eigenvalue weighted by molar-refractivity contribution is 9.10. The van der Waals surface area contributed by atoms with Gasteiger partial charge in [-0.25, -0.2) is 13.1 Å². The van der Waals surface area contributed by atoms with Gasteiger partial charge in [0.25, 0.3) is 0 Å². The molecular formula is C17H20BrN5O3S2. The summed E-state index contributed by atoms with van der Waals surface area (Å²) in [6.45, 7) is 0. The molecule has 1 aromatic carbocycles. The minimum absolute atomic E-state index is 0.0686. The fourth-order valence-corrected chi connectivity index (χ4v) is 6.35. The number of halogens is 1. The summed E-state index contributed by atoms with van der Waals surface area (Å²) in [4.78, 5) is 14.6. The van der Waals surface area contributed by atoms with E-state index in [1.807, 2.05) is 24.3 Å². The Morgan fingerprint density at radius 3 is 2.64 bits per heavy atom. The summed E-state index contributed by atoms with van der Waals surface area (Å²) < 4.78 is 25.9. The fourth-order valence-electron chi connectivity index (χ4n) is 3.46. The summed E-state index contributed by atoms with van der Waals surface area (Å²) in [5.74, 6) is 6.96. The van der Waals surface area contributed by atoms with E-state index in [2.05, 4.69) is 26.1 Å². The molecule has 1 aliphatic heterocycles. The lowest BCUT2D eigenvalue weighted by Gasteiger charge is -2.28. The van der Waals surface area contributed by atoms with Crippen LogP contribution in [0.1, 0.15) is 19.3 Å². The molecule has 2 aromatic rings. The normalized spacial score (nSPS) is 21.0. The monoisotopic (exact) mass is 485 g/mol. The zero-order valence-corrected chi connectivity index (χ0v) is 18.2. The molecule has 28 heavy (non-hydrogen) atoms.